The summed E-state index contributed by atoms with van der Waals surface area (Å²) in [5.41, 5.74) is 6.71. The van der Waals surface area contributed by atoms with Gasteiger partial charge in [-0.3, -0.25) is 0 Å². The fourth-order valence-electron chi connectivity index (χ4n) is 2.50. The lowest BCUT2D eigenvalue weighted by molar-refractivity contribution is 0.456. The van der Waals surface area contributed by atoms with Crippen molar-refractivity contribution in [3.05, 3.63) is 48.0 Å². The van der Waals surface area contributed by atoms with Crippen molar-refractivity contribution in [2.45, 2.75) is 19.9 Å². The van der Waals surface area contributed by atoms with E-state index in [1.807, 2.05) is 32.0 Å². The number of hydrogen-bond acceptors (Lipinski definition) is 5. The van der Waals surface area contributed by atoms with E-state index >= 15 is 0 Å². The Morgan fingerprint density at radius 3 is 2.54 bits per heavy atom. The Bertz CT molecular complexity index is 946. The quantitative estimate of drug-likeness (QED) is 0.648. The number of aromatic nitrogens is 2. The van der Waals surface area contributed by atoms with Crippen molar-refractivity contribution in [3.63, 3.8) is 0 Å². The fraction of sp³-hybridized carbons (Fsp3) is 0.263. The number of aromatic hydroxyl groups is 1. The molecule has 5 nitrogen and oxygen atoms in total. The van der Waals surface area contributed by atoms with Crippen LogP contribution in [-0.4, -0.2) is 27.7 Å². The van der Waals surface area contributed by atoms with E-state index in [2.05, 4.69) is 15.3 Å². The maximum atomic E-state index is 13.6. The Morgan fingerprint density at radius 1 is 1.12 bits per heavy atom. The molecule has 3 rings (SSSR count). The molecule has 0 unspecified atom stereocenters. The number of anilines is 1. The maximum Gasteiger partial charge on any atom is 0.165 e. The van der Waals surface area contributed by atoms with Gasteiger partial charge >= 0.3 is 0 Å². The number of nitrogens with zero attached hydrogens (tertiary/aromatic N) is 2. The van der Waals surface area contributed by atoms with Crippen molar-refractivity contribution in [2.75, 3.05) is 11.9 Å². The molecule has 1 aromatic heterocycles. The number of hydrogen-bond donors (Lipinski definition) is 3. The van der Waals surface area contributed by atoms with Gasteiger partial charge in [0.2, 0.25) is 0 Å². The highest BCUT2D eigenvalue weighted by Crippen LogP contribution is 2.31. The second-order valence-electron chi connectivity index (χ2n) is 6.49. The third-order valence-corrected chi connectivity index (χ3v) is 4.24. The summed E-state index contributed by atoms with van der Waals surface area (Å²) in [6.07, 6.45) is 0. The van der Waals surface area contributed by atoms with Crippen molar-refractivity contribution in [2.24, 2.45) is 11.7 Å². The highest BCUT2D eigenvalue weighted by Gasteiger charge is 2.16. The zero-order valence-electron chi connectivity index (χ0n) is 14.5. The predicted octanol–water partition coefficient (Wildman–Crippen LogP) is 3.68. The summed E-state index contributed by atoms with van der Waals surface area (Å²) >= 11 is 0. The molecule has 1 heterocycles. The molecule has 136 valence electrons. The molecule has 2 aromatic carbocycles. The van der Waals surface area contributed by atoms with E-state index < -0.39 is 17.4 Å². The Morgan fingerprint density at radius 2 is 1.81 bits per heavy atom. The molecular weight excluding hydrogens is 338 g/mol. The molecule has 0 aliphatic heterocycles. The molecular formula is C19H20F2N4O. The second kappa shape index (κ2) is 7.21. The number of fused-ring (bicyclic) bond motifs is 1. The van der Waals surface area contributed by atoms with E-state index in [0.29, 0.717) is 23.9 Å². The van der Waals surface area contributed by atoms with Crippen LogP contribution in [-0.2, 0) is 0 Å². The molecule has 0 radical (unpaired) electrons. The van der Waals surface area contributed by atoms with Gasteiger partial charge in [0.05, 0.1) is 11.1 Å². The molecule has 0 saturated heterocycles. The van der Waals surface area contributed by atoms with E-state index in [9.17, 15) is 13.9 Å². The first kappa shape index (κ1) is 18.0. The minimum absolute atomic E-state index is 0.0193. The van der Waals surface area contributed by atoms with Crippen LogP contribution in [0.15, 0.2) is 36.4 Å². The molecule has 0 fully saturated rings. The zero-order valence-corrected chi connectivity index (χ0v) is 14.5. The summed E-state index contributed by atoms with van der Waals surface area (Å²) in [4.78, 5) is 8.78. The molecule has 0 bridgehead atoms. The normalized spacial score (nSPS) is 12.5. The van der Waals surface area contributed by atoms with Gasteiger partial charge in [0.25, 0.3) is 0 Å². The highest BCUT2D eigenvalue weighted by atomic mass is 19.2. The summed E-state index contributed by atoms with van der Waals surface area (Å²) in [7, 11) is 0. The van der Waals surface area contributed by atoms with Crippen molar-refractivity contribution < 1.29 is 13.9 Å². The molecule has 0 spiro atoms. The van der Waals surface area contributed by atoms with Gasteiger partial charge in [-0.1, -0.05) is 26.0 Å². The average molecular weight is 358 g/mol. The number of para-hydroxylation sites is 1. The van der Waals surface area contributed by atoms with Crippen molar-refractivity contribution in [1.29, 1.82) is 0 Å². The first-order valence-corrected chi connectivity index (χ1v) is 8.31. The van der Waals surface area contributed by atoms with Crippen molar-refractivity contribution >= 4 is 16.7 Å². The number of nitrogens with two attached hydrogens (primary N) is 1. The molecule has 0 aliphatic rings. The number of halogens is 2. The van der Waals surface area contributed by atoms with Gasteiger partial charge in [-0.15, -0.1) is 0 Å². The Balaban J connectivity index is 2.09. The summed E-state index contributed by atoms with van der Waals surface area (Å²) in [5, 5.41) is 14.0. The summed E-state index contributed by atoms with van der Waals surface area (Å²) in [6.45, 7) is 4.53. The van der Waals surface area contributed by atoms with E-state index in [-0.39, 0.29) is 23.3 Å². The third-order valence-electron chi connectivity index (χ3n) is 4.24. The van der Waals surface area contributed by atoms with Crippen molar-refractivity contribution in [3.8, 4) is 17.1 Å². The van der Waals surface area contributed by atoms with Crippen molar-refractivity contribution in [1.82, 2.24) is 9.97 Å². The first-order chi connectivity index (χ1) is 12.4. The predicted molar refractivity (Wildman–Crippen MR) is 97.9 cm³/mol. The van der Waals surface area contributed by atoms with Crippen LogP contribution in [0.3, 0.4) is 0 Å². The smallest absolute Gasteiger partial charge is 0.165 e. The van der Waals surface area contributed by atoms with Gasteiger partial charge in [0.15, 0.2) is 17.5 Å². The third kappa shape index (κ3) is 3.57. The minimum Gasteiger partial charge on any atom is -0.507 e. The molecule has 26 heavy (non-hydrogen) atoms. The Labute approximate surface area is 149 Å². The van der Waals surface area contributed by atoms with Gasteiger partial charge in [0.1, 0.15) is 11.6 Å². The highest BCUT2D eigenvalue weighted by molar-refractivity contribution is 5.90. The lowest BCUT2D eigenvalue weighted by atomic mass is 10.1. The summed E-state index contributed by atoms with van der Waals surface area (Å²) in [6, 6.07) is 8.83. The zero-order chi connectivity index (χ0) is 18.8. The number of nitrogens with one attached hydrogen (secondary N) is 1. The van der Waals surface area contributed by atoms with E-state index in [0.717, 1.165) is 11.5 Å². The van der Waals surface area contributed by atoms with Gasteiger partial charge in [-0.25, -0.2) is 18.7 Å². The molecule has 4 N–H and O–H groups in total. The summed E-state index contributed by atoms with van der Waals surface area (Å²) in [5.74, 6) is -1.74. The molecule has 1 atom stereocenters. The van der Waals surface area contributed by atoms with Gasteiger partial charge in [-0.05, 0) is 24.1 Å². The maximum absolute atomic E-state index is 13.6. The van der Waals surface area contributed by atoms with Crippen LogP contribution >= 0.6 is 0 Å². The Hall–Kier alpha value is -2.80. The van der Waals surface area contributed by atoms with Crippen LogP contribution in [0.2, 0.25) is 0 Å². The molecule has 3 aromatic rings. The monoisotopic (exact) mass is 358 g/mol. The van der Waals surface area contributed by atoms with Crippen LogP contribution < -0.4 is 11.1 Å². The van der Waals surface area contributed by atoms with Crippen LogP contribution in [0.4, 0.5) is 14.6 Å². The van der Waals surface area contributed by atoms with Gasteiger partial charge in [0, 0.05) is 24.0 Å². The number of phenolic OH excluding ortho intramolecular Hbond substituents is 1. The minimum atomic E-state index is -1.13. The molecule has 7 heteroatoms. The van der Waals surface area contributed by atoms with E-state index in [4.69, 9.17) is 5.73 Å². The standard InChI is InChI=1S/C19H20F2N4O/c1-10(2)15(22)9-23-18-11-5-3-4-6-16(11)24-19(25-18)12-7-13(20)14(21)8-17(12)26/h3-8,10,15,26H,9,22H2,1-2H3,(H,23,24,25)/t15-/m1/s1. The SMILES string of the molecule is CC(C)[C@H](N)CNc1nc(-c2cc(F)c(F)cc2O)nc2ccccc12. The number of phenols is 1. The first-order valence-electron chi connectivity index (χ1n) is 8.31. The Kier molecular flexibility index (Phi) is 4.99. The largest absolute Gasteiger partial charge is 0.507 e. The fourth-order valence-corrected chi connectivity index (χ4v) is 2.50. The molecule has 0 saturated carbocycles. The van der Waals surface area contributed by atoms with Crippen LogP contribution in [0, 0.1) is 17.6 Å². The van der Waals surface area contributed by atoms with E-state index in [1.54, 1.807) is 6.07 Å². The van der Waals surface area contributed by atoms with Gasteiger partial charge in [-0.2, -0.15) is 0 Å². The van der Waals surface area contributed by atoms with E-state index in [1.165, 1.54) is 0 Å². The lowest BCUT2D eigenvalue weighted by Crippen LogP contribution is -2.34. The topological polar surface area (TPSA) is 84.1 Å². The average Bonchev–Trinajstić information content (AvgIpc) is 2.62. The van der Waals surface area contributed by atoms with Crippen LogP contribution in [0.5, 0.6) is 5.75 Å². The summed E-state index contributed by atoms with van der Waals surface area (Å²) < 4.78 is 26.9. The molecule has 0 aliphatic carbocycles. The lowest BCUT2D eigenvalue weighted by Gasteiger charge is -2.18. The number of rotatable bonds is 5. The van der Waals surface area contributed by atoms with Crippen LogP contribution in [0.1, 0.15) is 13.8 Å². The van der Waals surface area contributed by atoms with Crippen LogP contribution in [0.25, 0.3) is 22.3 Å². The molecule has 0 amide bonds. The van der Waals surface area contributed by atoms with Gasteiger partial charge < -0.3 is 16.2 Å². The number of benzene rings is 2. The second-order valence-corrected chi connectivity index (χ2v) is 6.49.